The summed E-state index contributed by atoms with van der Waals surface area (Å²) in [6.45, 7) is 2.05. The maximum absolute atomic E-state index is 5.19. The third-order valence-electron chi connectivity index (χ3n) is 1.59. The molecule has 1 aromatic carbocycles. The monoisotopic (exact) mass is 156 g/mol. The van der Waals surface area contributed by atoms with Crippen molar-refractivity contribution in [1.29, 1.82) is 0 Å². The van der Waals surface area contributed by atoms with Crippen molar-refractivity contribution in [2.75, 3.05) is 0 Å². The van der Waals surface area contributed by atoms with E-state index in [1.54, 1.807) is 0 Å². The Hall–Kier alpha value is -1.48. The van der Waals surface area contributed by atoms with Crippen LogP contribution in [0.2, 0.25) is 0 Å². The first-order valence-corrected chi connectivity index (χ1v) is 3.98. The van der Waals surface area contributed by atoms with Gasteiger partial charge in [0.2, 0.25) is 0 Å². The summed E-state index contributed by atoms with van der Waals surface area (Å²) in [7, 11) is 0. The van der Waals surface area contributed by atoms with E-state index < -0.39 is 0 Å². The van der Waals surface area contributed by atoms with Crippen molar-refractivity contribution >= 4 is 6.08 Å². The molecule has 0 radical (unpaired) electrons. The molecule has 0 N–H and O–H groups in total. The first-order valence-electron chi connectivity index (χ1n) is 3.98. The Morgan fingerprint density at radius 3 is 2.67 bits per heavy atom. The van der Waals surface area contributed by atoms with E-state index in [0.29, 0.717) is 0 Å². The lowest BCUT2D eigenvalue weighted by Gasteiger charge is -1.94. The van der Waals surface area contributed by atoms with Crippen LogP contribution in [-0.4, -0.2) is 0 Å². The van der Waals surface area contributed by atoms with E-state index in [1.165, 1.54) is 11.1 Å². The first-order chi connectivity index (χ1) is 5.83. The summed E-state index contributed by atoms with van der Waals surface area (Å²) < 4.78 is 0. The molecule has 0 unspecified atom stereocenters. The molecule has 0 amide bonds. The Labute approximate surface area is 73.9 Å². The highest BCUT2D eigenvalue weighted by Gasteiger charge is 1.87. The number of benzene rings is 1. The van der Waals surface area contributed by atoms with E-state index in [0.717, 1.165) is 6.42 Å². The molecule has 0 aliphatic heterocycles. The van der Waals surface area contributed by atoms with E-state index in [4.69, 9.17) is 6.42 Å². The molecule has 0 aliphatic rings. The highest BCUT2D eigenvalue weighted by molar-refractivity contribution is 5.52. The van der Waals surface area contributed by atoms with Crippen molar-refractivity contribution in [2.24, 2.45) is 0 Å². The highest BCUT2D eigenvalue weighted by atomic mass is 13.9. The van der Waals surface area contributed by atoms with Gasteiger partial charge in [0.15, 0.2) is 0 Å². The number of hydrogen-bond acceptors (Lipinski definition) is 0. The fourth-order valence-corrected chi connectivity index (χ4v) is 1.05. The third kappa shape index (κ3) is 2.64. The lowest BCUT2D eigenvalue weighted by atomic mass is 10.1. The smallest absolute Gasteiger partial charge is 0.0297 e. The summed E-state index contributed by atoms with van der Waals surface area (Å²) in [5.41, 5.74) is 2.44. The highest BCUT2D eigenvalue weighted by Crippen LogP contribution is 2.07. The van der Waals surface area contributed by atoms with Crippen LogP contribution in [0.5, 0.6) is 0 Å². The van der Waals surface area contributed by atoms with Crippen molar-refractivity contribution in [3.05, 3.63) is 41.5 Å². The Kier molecular flexibility index (Phi) is 3.17. The number of allylic oxidation sites excluding steroid dienone is 1. The van der Waals surface area contributed by atoms with Crippen LogP contribution < -0.4 is 0 Å². The lowest BCUT2D eigenvalue weighted by Crippen LogP contribution is -1.74. The van der Waals surface area contributed by atoms with Crippen LogP contribution in [-0.2, 0) is 0 Å². The lowest BCUT2D eigenvalue weighted by molar-refractivity contribution is 1.28. The van der Waals surface area contributed by atoms with E-state index in [-0.39, 0.29) is 0 Å². The second-order valence-electron chi connectivity index (χ2n) is 2.78. The zero-order chi connectivity index (χ0) is 8.81. The molecule has 0 atom stereocenters. The standard InChI is InChI=1S/C12H12/c1-3-7-11(2)10-12-8-5-4-6-9-12/h1,4-6,8-10H,7H2,2H3/b11-10+. The molecule has 12 heavy (non-hydrogen) atoms. The molecule has 0 aromatic heterocycles. The average molecular weight is 156 g/mol. The van der Waals surface area contributed by atoms with Gasteiger partial charge in [0.1, 0.15) is 0 Å². The SMILES string of the molecule is C#CC/C(C)=C/c1ccccc1. The van der Waals surface area contributed by atoms with E-state index in [9.17, 15) is 0 Å². The third-order valence-corrected chi connectivity index (χ3v) is 1.59. The quantitative estimate of drug-likeness (QED) is 0.577. The van der Waals surface area contributed by atoms with Gasteiger partial charge in [-0.25, -0.2) is 0 Å². The van der Waals surface area contributed by atoms with Crippen molar-refractivity contribution in [2.45, 2.75) is 13.3 Å². The molecule has 60 valence electrons. The van der Waals surface area contributed by atoms with Crippen LogP contribution in [0.15, 0.2) is 35.9 Å². The molecule has 0 spiro atoms. The van der Waals surface area contributed by atoms with Crippen LogP contribution in [0, 0.1) is 12.3 Å². The summed E-state index contributed by atoms with van der Waals surface area (Å²) in [6, 6.07) is 10.2. The molecule has 0 heteroatoms. The maximum Gasteiger partial charge on any atom is 0.0297 e. The van der Waals surface area contributed by atoms with Crippen LogP contribution in [0.3, 0.4) is 0 Å². The second kappa shape index (κ2) is 4.41. The van der Waals surface area contributed by atoms with Gasteiger partial charge in [0.25, 0.3) is 0 Å². The van der Waals surface area contributed by atoms with Crippen LogP contribution in [0.4, 0.5) is 0 Å². The van der Waals surface area contributed by atoms with Gasteiger partial charge >= 0.3 is 0 Å². The first kappa shape index (κ1) is 8.62. The Balaban J connectivity index is 2.76. The van der Waals surface area contributed by atoms with Crippen LogP contribution in [0.1, 0.15) is 18.9 Å². The summed E-state index contributed by atoms with van der Waals surface area (Å²) in [5.74, 6) is 2.62. The van der Waals surface area contributed by atoms with E-state index in [1.807, 2.05) is 25.1 Å². The summed E-state index contributed by atoms with van der Waals surface area (Å²) >= 11 is 0. The van der Waals surface area contributed by atoms with Gasteiger partial charge in [-0.3, -0.25) is 0 Å². The minimum atomic E-state index is 0.731. The van der Waals surface area contributed by atoms with Gasteiger partial charge in [-0.2, -0.15) is 0 Å². The molecule has 0 saturated heterocycles. The number of hydrogen-bond donors (Lipinski definition) is 0. The Morgan fingerprint density at radius 1 is 1.42 bits per heavy atom. The van der Waals surface area contributed by atoms with Gasteiger partial charge in [-0.05, 0) is 12.5 Å². The molecule has 0 heterocycles. The predicted molar refractivity (Wildman–Crippen MR) is 53.5 cm³/mol. The van der Waals surface area contributed by atoms with Gasteiger partial charge in [-0.1, -0.05) is 42.0 Å². The zero-order valence-corrected chi connectivity index (χ0v) is 7.25. The Morgan fingerprint density at radius 2 is 2.08 bits per heavy atom. The van der Waals surface area contributed by atoms with Gasteiger partial charge < -0.3 is 0 Å². The minimum Gasteiger partial charge on any atom is -0.120 e. The minimum absolute atomic E-state index is 0.731. The molecular weight excluding hydrogens is 144 g/mol. The molecule has 0 nitrogen and oxygen atoms in total. The van der Waals surface area contributed by atoms with E-state index in [2.05, 4.69) is 24.1 Å². The summed E-state index contributed by atoms with van der Waals surface area (Å²) in [5, 5.41) is 0. The Bertz CT molecular complexity index is 299. The van der Waals surface area contributed by atoms with Crippen molar-refractivity contribution in [3.8, 4) is 12.3 Å². The molecule has 1 rings (SSSR count). The zero-order valence-electron chi connectivity index (χ0n) is 7.25. The molecule has 0 aliphatic carbocycles. The molecule has 1 aromatic rings. The fraction of sp³-hybridized carbons (Fsp3) is 0.167. The van der Waals surface area contributed by atoms with Crippen LogP contribution in [0.25, 0.3) is 6.08 Å². The summed E-state index contributed by atoms with van der Waals surface area (Å²) in [4.78, 5) is 0. The van der Waals surface area contributed by atoms with Crippen molar-refractivity contribution in [1.82, 2.24) is 0 Å². The largest absolute Gasteiger partial charge is 0.120 e. The van der Waals surface area contributed by atoms with Gasteiger partial charge in [0, 0.05) is 6.42 Å². The average Bonchev–Trinajstić information content (AvgIpc) is 2.06. The van der Waals surface area contributed by atoms with E-state index >= 15 is 0 Å². The number of rotatable bonds is 2. The van der Waals surface area contributed by atoms with Gasteiger partial charge in [0.05, 0.1) is 0 Å². The van der Waals surface area contributed by atoms with Crippen molar-refractivity contribution in [3.63, 3.8) is 0 Å². The predicted octanol–water partition coefficient (Wildman–Crippen LogP) is 3.11. The van der Waals surface area contributed by atoms with Gasteiger partial charge in [-0.15, -0.1) is 12.3 Å². The van der Waals surface area contributed by atoms with Crippen molar-refractivity contribution < 1.29 is 0 Å². The number of terminal acetylenes is 1. The maximum atomic E-state index is 5.19. The molecular formula is C12H12. The topological polar surface area (TPSA) is 0 Å². The fourth-order valence-electron chi connectivity index (χ4n) is 1.05. The van der Waals surface area contributed by atoms with Crippen LogP contribution >= 0.6 is 0 Å². The normalized spacial score (nSPS) is 10.8. The second-order valence-corrected chi connectivity index (χ2v) is 2.78. The molecule has 0 saturated carbocycles. The molecule has 0 fully saturated rings. The summed E-state index contributed by atoms with van der Waals surface area (Å²) in [6.07, 6.45) is 8.03. The molecule has 0 bridgehead atoms.